The molecule has 0 spiro atoms. The molecule has 0 saturated heterocycles. The fraction of sp³-hybridized carbons (Fsp3) is 0.275. The standard InChI is InChI=1S/C40H40N6O3S3/c1-26-13-19-33(27(2)21-26)42-38(48)25-51-40-43-34-20-16-30(22-35(34)52-40)41-37(47)24-50-39-45-44-36(46(39)31-11-7-4-8-12-31)23-49-32-17-14-29(15-18-32)28-9-5-3-6-10-28/h4,7-8,11-22,28H,3,5-6,9-10,23-25H2,1-2H3,(H,41,47)(H,42,48). The highest BCUT2D eigenvalue weighted by Crippen LogP contribution is 2.34. The van der Waals surface area contributed by atoms with Crippen molar-refractivity contribution >= 4 is 68.3 Å². The number of aryl methyl sites for hydroxylation is 2. The van der Waals surface area contributed by atoms with Gasteiger partial charge in [-0.25, -0.2) is 4.98 Å². The number of aromatic nitrogens is 4. The van der Waals surface area contributed by atoms with Crippen LogP contribution >= 0.6 is 34.9 Å². The summed E-state index contributed by atoms with van der Waals surface area (Å²) in [5.74, 6) is 2.24. The first-order valence-electron chi connectivity index (χ1n) is 17.4. The van der Waals surface area contributed by atoms with Crippen molar-refractivity contribution in [3.63, 3.8) is 0 Å². The minimum absolute atomic E-state index is 0.0799. The molecule has 9 nitrogen and oxygen atoms in total. The van der Waals surface area contributed by atoms with Crippen LogP contribution in [0.2, 0.25) is 0 Å². The van der Waals surface area contributed by atoms with Crippen LogP contribution in [0.3, 0.4) is 0 Å². The molecule has 1 aliphatic rings. The molecular weight excluding hydrogens is 709 g/mol. The number of hydrogen-bond donors (Lipinski definition) is 2. The number of fused-ring (bicyclic) bond motifs is 1. The molecule has 6 aromatic rings. The highest BCUT2D eigenvalue weighted by Gasteiger charge is 2.18. The number of anilines is 2. The molecule has 0 unspecified atom stereocenters. The molecule has 0 atom stereocenters. The molecule has 2 amide bonds. The Morgan fingerprint density at radius 1 is 0.846 bits per heavy atom. The Hall–Kier alpha value is -4.65. The summed E-state index contributed by atoms with van der Waals surface area (Å²) in [4.78, 5) is 30.4. The summed E-state index contributed by atoms with van der Waals surface area (Å²) in [7, 11) is 0. The number of nitrogens with zero attached hydrogens (tertiary/aromatic N) is 4. The zero-order valence-electron chi connectivity index (χ0n) is 29.1. The summed E-state index contributed by atoms with van der Waals surface area (Å²) in [5, 5.41) is 15.5. The molecule has 0 radical (unpaired) electrons. The van der Waals surface area contributed by atoms with E-state index >= 15 is 0 Å². The summed E-state index contributed by atoms with van der Waals surface area (Å²) in [6.07, 6.45) is 6.48. The van der Waals surface area contributed by atoms with Crippen molar-refractivity contribution in [1.82, 2.24) is 19.7 Å². The Balaban J connectivity index is 0.948. The molecule has 7 rings (SSSR count). The van der Waals surface area contributed by atoms with E-state index in [1.165, 1.54) is 72.5 Å². The minimum Gasteiger partial charge on any atom is -0.486 e. The van der Waals surface area contributed by atoms with Gasteiger partial charge >= 0.3 is 0 Å². The van der Waals surface area contributed by atoms with E-state index in [4.69, 9.17) is 4.74 Å². The second-order valence-corrected chi connectivity index (χ2v) is 16.1. The maximum atomic E-state index is 13.1. The van der Waals surface area contributed by atoms with Crippen molar-refractivity contribution in [2.24, 2.45) is 0 Å². The van der Waals surface area contributed by atoms with Gasteiger partial charge in [0.05, 0.1) is 21.7 Å². The van der Waals surface area contributed by atoms with Gasteiger partial charge in [0.1, 0.15) is 12.4 Å². The molecular formula is C40H40N6O3S3. The van der Waals surface area contributed by atoms with Gasteiger partial charge in [0.25, 0.3) is 0 Å². The number of rotatable bonds is 13. The summed E-state index contributed by atoms with van der Waals surface area (Å²) in [5.41, 5.74) is 6.79. The van der Waals surface area contributed by atoms with E-state index in [1.807, 2.05) is 97.3 Å². The molecule has 52 heavy (non-hydrogen) atoms. The molecule has 4 aromatic carbocycles. The molecule has 2 N–H and O–H groups in total. The van der Waals surface area contributed by atoms with E-state index in [1.54, 1.807) is 0 Å². The normalized spacial score (nSPS) is 13.3. The smallest absolute Gasteiger partial charge is 0.234 e. The number of thioether (sulfide) groups is 2. The van der Waals surface area contributed by atoms with Gasteiger partial charge in [0.2, 0.25) is 11.8 Å². The number of para-hydroxylation sites is 1. The summed E-state index contributed by atoms with van der Waals surface area (Å²) >= 11 is 4.21. The second-order valence-electron chi connectivity index (χ2n) is 12.9. The van der Waals surface area contributed by atoms with E-state index in [0.29, 0.717) is 22.6 Å². The van der Waals surface area contributed by atoms with Crippen molar-refractivity contribution in [1.29, 1.82) is 0 Å². The van der Waals surface area contributed by atoms with Crippen molar-refractivity contribution in [2.45, 2.75) is 68.0 Å². The summed E-state index contributed by atoms with van der Waals surface area (Å²) in [6.45, 7) is 4.25. The maximum absolute atomic E-state index is 13.1. The number of amides is 2. The quantitative estimate of drug-likeness (QED) is 0.112. The van der Waals surface area contributed by atoms with Crippen LogP contribution in [0.4, 0.5) is 11.4 Å². The van der Waals surface area contributed by atoms with Gasteiger partial charge in [0.15, 0.2) is 15.3 Å². The molecule has 1 aliphatic carbocycles. The van der Waals surface area contributed by atoms with Gasteiger partial charge in [-0.3, -0.25) is 14.2 Å². The lowest BCUT2D eigenvalue weighted by Crippen LogP contribution is -2.14. The molecule has 12 heteroatoms. The number of carbonyl (C=O) groups excluding carboxylic acids is 2. The molecule has 0 aliphatic heterocycles. The van der Waals surface area contributed by atoms with Gasteiger partial charge in [-0.2, -0.15) is 0 Å². The Labute approximate surface area is 316 Å². The molecule has 1 saturated carbocycles. The van der Waals surface area contributed by atoms with E-state index < -0.39 is 0 Å². The number of benzene rings is 4. The average Bonchev–Trinajstić information content (AvgIpc) is 3.77. The van der Waals surface area contributed by atoms with Crippen LogP contribution in [0, 0.1) is 13.8 Å². The molecule has 1 fully saturated rings. The maximum Gasteiger partial charge on any atom is 0.234 e. The largest absolute Gasteiger partial charge is 0.486 e. The Morgan fingerprint density at radius 2 is 1.62 bits per heavy atom. The van der Waals surface area contributed by atoms with Crippen molar-refractivity contribution in [3.8, 4) is 11.4 Å². The van der Waals surface area contributed by atoms with E-state index in [0.717, 1.165) is 42.8 Å². The van der Waals surface area contributed by atoms with E-state index in [2.05, 4.69) is 37.9 Å². The van der Waals surface area contributed by atoms with Crippen LogP contribution in [0.1, 0.15) is 60.5 Å². The number of hydrogen-bond acceptors (Lipinski definition) is 9. The molecule has 0 bridgehead atoms. The third kappa shape index (κ3) is 9.04. The second kappa shape index (κ2) is 16.8. The molecule has 2 heterocycles. The van der Waals surface area contributed by atoms with Gasteiger partial charge in [-0.1, -0.05) is 90.8 Å². The van der Waals surface area contributed by atoms with Crippen LogP contribution in [-0.2, 0) is 16.2 Å². The zero-order valence-corrected chi connectivity index (χ0v) is 31.6. The Bertz CT molecular complexity index is 2160. The summed E-state index contributed by atoms with van der Waals surface area (Å²) in [6, 6.07) is 29.9. The SMILES string of the molecule is Cc1ccc(NC(=O)CSc2nc3ccc(NC(=O)CSc4nnc(COc5ccc(C6CCCCC6)cc5)n4-c4ccccc4)cc3s2)c(C)c1. The monoisotopic (exact) mass is 748 g/mol. The third-order valence-electron chi connectivity index (χ3n) is 9.01. The van der Waals surface area contributed by atoms with Crippen molar-refractivity contribution in [3.05, 3.63) is 114 Å². The number of ether oxygens (including phenoxy) is 1. The zero-order chi connectivity index (χ0) is 35.9. The first-order valence-corrected chi connectivity index (χ1v) is 20.2. The van der Waals surface area contributed by atoms with Crippen molar-refractivity contribution in [2.75, 3.05) is 22.1 Å². The highest BCUT2D eigenvalue weighted by atomic mass is 32.2. The van der Waals surface area contributed by atoms with Crippen LogP contribution in [-0.4, -0.2) is 43.1 Å². The predicted molar refractivity (Wildman–Crippen MR) is 212 cm³/mol. The minimum atomic E-state index is -0.162. The molecule has 2 aromatic heterocycles. The number of thiazole rings is 1. The highest BCUT2D eigenvalue weighted by molar-refractivity contribution is 8.01. The first-order chi connectivity index (χ1) is 25.4. The predicted octanol–water partition coefficient (Wildman–Crippen LogP) is 9.58. The fourth-order valence-corrected chi connectivity index (χ4v) is 9.06. The summed E-state index contributed by atoms with van der Waals surface area (Å²) < 4.78 is 9.84. The van der Waals surface area contributed by atoms with Gasteiger partial charge in [0, 0.05) is 17.1 Å². The molecule has 266 valence electrons. The number of carbonyl (C=O) groups is 2. The lowest BCUT2D eigenvalue weighted by atomic mass is 9.84. The van der Waals surface area contributed by atoms with E-state index in [-0.39, 0.29) is 29.9 Å². The first kappa shape index (κ1) is 35.7. The number of nitrogens with one attached hydrogen (secondary N) is 2. The Morgan fingerprint density at radius 3 is 2.40 bits per heavy atom. The lowest BCUT2D eigenvalue weighted by Gasteiger charge is -2.22. The van der Waals surface area contributed by atoms with Gasteiger partial charge in [-0.05, 0) is 92.3 Å². The fourth-order valence-electron chi connectivity index (χ4n) is 6.38. The van der Waals surface area contributed by atoms with Crippen LogP contribution in [0.15, 0.2) is 100 Å². The van der Waals surface area contributed by atoms with Crippen LogP contribution < -0.4 is 15.4 Å². The van der Waals surface area contributed by atoms with Gasteiger partial charge < -0.3 is 15.4 Å². The average molecular weight is 749 g/mol. The third-order valence-corrected chi connectivity index (χ3v) is 12.1. The van der Waals surface area contributed by atoms with Gasteiger partial charge in [-0.15, -0.1) is 21.5 Å². The lowest BCUT2D eigenvalue weighted by molar-refractivity contribution is -0.114. The Kier molecular flexibility index (Phi) is 11.5. The van der Waals surface area contributed by atoms with Crippen LogP contribution in [0.5, 0.6) is 5.75 Å². The van der Waals surface area contributed by atoms with E-state index in [9.17, 15) is 9.59 Å². The topological polar surface area (TPSA) is 111 Å². The van der Waals surface area contributed by atoms with Crippen molar-refractivity contribution < 1.29 is 14.3 Å². The van der Waals surface area contributed by atoms with Crippen LogP contribution in [0.25, 0.3) is 15.9 Å².